The smallest absolute Gasteiger partial charge is 0.308 e. The Morgan fingerprint density at radius 1 is 0.891 bits per heavy atom. The van der Waals surface area contributed by atoms with Crippen LogP contribution in [-0.4, -0.2) is 53.5 Å². The van der Waals surface area contributed by atoms with E-state index in [-0.39, 0.29) is 11.3 Å². The summed E-state index contributed by atoms with van der Waals surface area (Å²) in [6.07, 6.45) is 1.46. The average molecular weight is 698 g/mol. The summed E-state index contributed by atoms with van der Waals surface area (Å²) >= 11 is 12.6. The minimum atomic E-state index is -3.98. The fourth-order valence-electron chi connectivity index (χ4n) is 6.20. The van der Waals surface area contributed by atoms with Crippen molar-refractivity contribution in [2.75, 3.05) is 14.1 Å². The molecule has 2 aromatic heterocycles. The zero-order chi connectivity index (χ0) is 33.6. The maximum absolute atomic E-state index is 13.8. The number of aliphatic hydroxyl groups is 1. The SMILES string of the molecule is CC[Si](CC)(CC)c1nc(C(O)(c2ccc(Cl)cc2)c2ccc3c(c2)c(-c2cccc(Cl)c2)cc(=O)n3C)cn1S(=O)(=O)N(C)C. The van der Waals surface area contributed by atoms with Gasteiger partial charge in [0.25, 0.3) is 5.56 Å². The predicted octanol–water partition coefficient (Wildman–Crippen LogP) is 6.36. The number of fused-ring (bicyclic) bond motifs is 1. The molecule has 1 unspecified atom stereocenters. The molecule has 46 heavy (non-hydrogen) atoms. The van der Waals surface area contributed by atoms with E-state index in [2.05, 4.69) is 20.8 Å². The first-order chi connectivity index (χ1) is 21.7. The predicted molar refractivity (Wildman–Crippen MR) is 190 cm³/mol. The molecular formula is C34H38Cl2N4O4SSi. The van der Waals surface area contributed by atoms with Gasteiger partial charge in [-0.1, -0.05) is 92.4 Å². The lowest BCUT2D eigenvalue weighted by Crippen LogP contribution is -2.53. The van der Waals surface area contributed by atoms with Crippen LogP contribution in [-0.2, 0) is 22.9 Å². The Morgan fingerprint density at radius 3 is 2.11 bits per heavy atom. The molecule has 0 aliphatic rings. The minimum absolute atomic E-state index is 0.177. The maximum Gasteiger partial charge on any atom is 0.308 e. The Hall–Kier alpha value is -3.25. The van der Waals surface area contributed by atoms with Crippen LogP contribution in [0.4, 0.5) is 0 Å². The summed E-state index contributed by atoms with van der Waals surface area (Å²) in [7, 11) is -1.73. The van der Waals surface area contributed by atoms with E-state index in [1.807, 2.05) is 18.2 Å². The first kappa shape index (κ1) is 34.1. The van der Waals surface area contributed by atoms with Gasteiger partial charge in [0.15, 0.2) is 5.60 Å². The molecule has 8 nitrogen and oxygen atoms in total. The summed E-state index contributed by atoms with van der Waals surface area (Å²) in [6.45, 7) is 6.24. The van der Waals surface area contributed by atoms with Gasteiger partial charge in [0.1, 0.15) is 19.2 Å². The van der Waals surface area contributed by atoms with Crippen LogP contribution in [0.2, 0.25) is 28.2 Å². The Balaban J connectivity index is 1.90. The van der Waals surface area contributed by atoms with Crippen molar-refractivity contribution in [1.82, 2.24) is 17.8 Å². The zero-order valence-electron chi connectivity index (χ0n) is 26.8. The average Bonchev–Trinajstić information content (AvgIpc) is 3.51. The molecule has 0 bridgehead atoms. The molecular weight excluding hydrogens is 659 g/mol. The van der Waals surface area contributed by atoms with E-state index in [0.717, 1.165) is 28.0 Å². The molecule has 0 radical (unpaired) electrons. The molecule has 0 aliphatic carbocycles. The van der Waals surface area contributed by atoms with Crippen molar-refractivity contribution in [2.24, 2.45) is 7.05 Å². The Labute approximate surface area is 281 Å². The van der Waals surface area contributed by atoms with Crippen LogP contribution in [0.25, 0.3) is 22.0 Å². The fourth-order valence-corrected chi connectivity index (χ4v) is 11.6. The number of pyridine rings is 1. The molecule has 242 valence electrons. The van der Waals surface area contributed by atoms with E-state index in [1.54, 1.807) is 66.2 Å². The third-order valence-electron chi connectivity index (χ3n) is 9.32. The Kier molecular flexibility index (Phi) is 9.45. The third kappa shape index (κ3) is 5.65. The van der Waals surface area contributed by atoms with Gasteiger partial charge >= 0.3 is 10.2 Å². The summed E-state index contributed by atoms with van der Waals surface area (Å²) in [5.41, 5.74) is 1.54. The molecule has 5 aromatic rings. The molecule has 2 heterocycles. The summed E-state index contributed by atoms with van der Waals surface area (Å²) in [5, 5.41) is 14.7. The number of hydrogen-bond acceptors (Lipinski definition) is 5. The van der Waals surface area contributed by atoms with E-state index < -0.39 is 23.9 Å². The summed E-state index contributed by atoms with van der Waals surface area (Å²) < 4.78 is 31.6. The van der Waals surface area contributed by atoms with Gasteiger partial charge in [-0.05, 0) is 58.7 Å². The van der Waals surface area contributed by atoms with Crippen molar-refractivity contribution in [1.29, 1.82) is 0 Å². The molecule has 0 saturated carbocycles. The highest BCUT2D eigenvalue weighted by Gasteiger charge is 2.43. The lowest BCUT2D eigenvalue weighted by molar-refractivity contribution is 0.121. The van der Waals surface area contributed by atoms with Crippen molar-refractivity contribution >= 4 is 57.8 Å². The van der Waals surface area contributed by atoms with E-state index >= 15 is 0 Å². The van der Waals surface area contributed by atoms with Gasteiger partial charge in [-0.2, -0.15) is 12.7 Å². The lowest BCUT2D eigenvalue weighted by Gasteiger charge is -2.29. The van der Waals surface area contributed by atoms with Crippen molar-refractivity contribution in [3.8, 4) is 11.1 Å². The van der Waals surface area contributed by atoms with Gasteiger partial charge in [0.2, 0.25) is 0 Å². The monoisotopic (exact) mass is 696 g/mol. The molecule has 1 atom stereocenters. The number of aromatic nitrogens is 3. The summed E-state index contributed by atoms with van der Waals surface area (Å²) in [4.78, 5) is 18.1. The molecule has 1 N–H and O–H groups in total. The lowest BCUT2D eigenvalue weighted by atomic mass is 9.82. The third-order valence-corrected chi connectivity index (χ3v) is 17.0. The maximum atomic E-state index is 13.8. The number of imidazole rings is 1. The van der Waals surface area contributed by atoms with E-state index in [1.165, 1.54) is 24.3 Å². The normalized spacial score (nSPS) is 13.8. The van der Waals surface area contributed by atoms with Crippen LogP contribution in [0.3, 0.4) is 0 Å². The Bertz CT molecular complexity index is 2080. The van der Waals surface area contributed by atoms with Crippen LogP contribution in [0, 0.1) is 0 Å². The molecule has 0 amide bonds. The number of benzene rings is 3. The van der Waals surface area contributed by atoms with Crippen LogP contribution in [0.15, 0.2) is 83.8 Å². The van der Waals surface area contributed by atoms with E-state index in [4.69, 9.17) is 28.2 Å². The second kappa shape index (κ2) is 12.7. The summed E-state index contributed by atoms with van der Waals surface area (Å²) in [6, 6.07) is 23.3. The first-order valence-corrected chi connectivity index (χ1v) is 19.9. The van der Waals surface area contributed by atoms with Gasteiger partial charge in [0.05, 0.1) is 5.52 Å². The van der Waals surface area contributed by atoms with Crippen LogP contribution in [0.1, 0.15) is 37.6 Å². The molecule has 0 fully saturated rings. The number of hydrogen-bond donors (Lipinski definition) is 1. The Morgan fingerprint density at radius 2 is 1.52 bits per heavy atom. The quantitative estimate of drug-likeness (QED) is 0.171. The standard InChI is InChI=1S/C34H38Cl2N4O4SSi/c1-7-46(8-2,9-3)33-37-31(22-40(33)45(43,44)38(4)5)34(42,24-13-16-26(35)17-14-24)25-15-18-30-29(20-25)28(21-32(41)39(30)6)23-11-10-12-27(36)19-23/h10-22,42H,7-9H2,1-6H3. The second-order valence-corrected chi connectivity index (χ2v) is 19.8. The van der Waals surface area contributed by atoms with Crippen molar-refractivity contribution in [3.05, 3.63) is 116 Å². The highest BCUT2D eigenvalue weighted by Crippen LogP contribution is 2.40. The number of aryl methyl sites for hydroxylation is 1. The molecule has 0 saturated heterocycles. The number of nitrogens with zero attached hydrogens (tertiary/aromatic N) is 4. The van der Waals surface area contributed by atoms with Gasteiger partial charge < -0.3 is 9.67 Å². The first-order valence-electron chi connectivity index (χ1n) is 15.2. The van der Waals surface area contributed by atoms with Gasteiger partial charge in [-0.25, -0.2) is 8.96 Å². The highest BCUT2D eigenvalue weighted by atomic mass is 35.5. The van der Waals surface area contributed by atoms with Crippen molar-refractivity contribution < 1.29 is 13.5 Å². The van der Waals surface area contributed by atoms with Crippen molar-refractivity contribution in [3.63, 3.8) is 0 Å². The second-order valence-electron chi connectivity index (χ2n) is 11.8. The van der Waals surface area contributed by atoms with Gasteiger partial charge in [-0.15, -0.1) is 0 Å². The van der Waals surface area contributed by atoms with Gasteiger partial charge in [0, 0.05) is 48.8 Å². The highest BCUT2D eigenvalue weighted by molar-refractivity contribution is 7.87. The zero-order valence-corrected chi connectivity index (χ0v) is 30.1. The summed E-state index contributed by atoms with van der Waals surface area (Å²) in [5.74, 6) is 0. The number of rotatable bonds is 10. The minimum Gasteiger partial charge on any atom is -0.374 e. The largest absolute Gasteiger partial charge is 0.374 e. The van der Waals surface area contributed by atoms with E-state index in [9.17, 15) is 18.3 Å². The van der Waals surface area contributed by atoms with Crippen LogP contribution in [0.5, 0.6) is 0 Å². The number of halogens is 2. The molecule has 3 aromatic carbocycles. The molecule has 12 heteroatoms. The topological polar surface area (TPSA) is 97.4 Å². The molecule has 5 rings (SSSR count). The van der Waals surface area contributed by atoms with Crippen LogP contribution < -0.4 is 11.0 Å². The molecule has 0 aliphatic heterocycles. The fraction of sp³-hybridized carbons (Fsp3) is 0.294. The van der Waals surface area contributed by atoms with Gasteiger partial charge in [-0.3, -0.25) is 4.79 Å². The van der Waals surface area contributed by atoms with Crippen LogP contribution >= 0.6 is 23.2 Å². The van der Waals surface area contributed by atoms with E-state index in [0.29, 0.717) is 43.1 Å². The van der Waals surface area contributed by atoms with Crippen molar-refractivity contribution in [2.45, 2.75) is 44.5 Å². The molecule has 0 spiro atoms.